The first kappa shape index (κ1) is 11.9. The van der Waals surface area contributed by atoms with E-state index in [9.17, 15) is 4.79 Å². The number of aromatic nitrogens is 1. The molecule has 0 amide bonds. The van der Waals surface area contributed by atoms with Crippen LogP contribution in [0.1, 0.15) is 25.0 Å². The summed E-state index contributed by atoms with van der Waals surface area (Å²) < 4.78 is 0. The number of pyridine rings is 1. The molecule has 0 aliphatic carbocycles. The van der Waals surface area contributed by atoms with E-state index in [1.165, 1.54) is 11.8 Å². The number of hydrogen-bond donors (Lipinski definition) is 1. The average Bonchev–Trinajstić information content (AvgIpc) is 2.19. The molecule has 1 heterocycles. The summed E-state index contributed by atoms with van der Waals surface area (Å²) in [6, 6.07) is 1.96. The normalized spacial score (nSPS) is 10.3. The second-order valence-corrected chi connectivity index (χ2v) is 4.58. The lowest BCUT2D eigenvalue weighted by Gasteiger charge is -2.10. The number of aromatic amines is 1. The maximum Gasteiger partial charge on any atom is 0.267 e. The second kappa shape index (κ2) is 5.04. The number of nitriles is 1. The fourth-order valence-electron chi connectivity index (χ4n) is 1.48. The van der Waals surface area contributed by atoms with Crippen molar-refractivity contribution in [2.45, 2.75) is 25.2 Å². The van der Waals surface area contributed by atoms with Gasteiger partial charge in [-0.3, -0.25) is 4.79 Å². The van der Waals surface area contributed by atoms with Gasteiger partial charge in [0.25, 0.3) is 5.56 Å². The molecular weight excluding hydrogens is 208 g/mol. The quantitative estimate of drug-likeness (QED) is 0.797. The van der Waals surface area contributed by atoms with Gasteiger partial charge in [-0.2, -0.15) is 5.26 Å². The minimum atomic E-state index is -0.297. The molecule has 80 valence electrons. The molecule has 4 heteroatoms. The Morgan fingerprint density at radius 2 is 2.27 bits per heavy atom. The maximum atomic E-state index is 11.4. The summed E-state index contributed by atoms with van der Waals surface area (Å²) in [7, 11) is 0. The van der Waals surface area contributed by atoms with Gasteiger partial charge in [0, 0.05) is 11.1 Å². The molecule has 0 spiro atoms. The molecule has 0 saturated carbocycles. The van der Waals surface area contributed by atoms with Crippen molar-refractivity contribution in [1.82, 2.24) is 4.98 Å². The Kier molecular flexibility index (Phi) is 3.98. The third-order valence-electron chi connectivity index (χ3n) is 2.07. The third kappa shape index (κ3) is 2.63. The number of thioether (sulfide) groups is 1. The van der Waals surface area contributed by atoms with Gasteiger partial charge in [-0.15, -0.1) is 11.8 Å². The second-order valence-electron chi connectivity index (χ2n) is 3.76. The van der Waals surface area contributed by atoms with Crippen LogP contribution in [-0.4, -0.2) is 11.2 Å². The zero-order valence-electron chi connectivity index (χ0n) is 9.13. The minimum absolute atomic E-state index is 0.237. The minimum Gasteiger partial charge on any atom is -0.328 e. The molecule has 3 nitrogen and oxygen atoms in total. The Bertz CT molecular complexity index is 443. The molecule has 0 saturated heterocycles. The maximum absolute atomic E-state index is 11.4. The zero-order chi connectivity index (χ0) is 11.4. The lowest BCUT2D eigenvalue weighted by Crippen LogP contribution is -2.13. The highest BCUT2D eigenvalue weighted by Gasteiger charge is 2.12. The summed E-state index contributed by atoms with van der Waals surface area (Å²) in [4.78, 5) is 14.8. The van der Waals surface area contributed by atoms with E-state index in [1.807, 2.05) is 12.3 Å². The first-order chi connectivity index (χ1) is 7.10. The standard InChI is InChI=1S/C11H14N2OS/c1-7(2)4-8-6-13-11(14)9(5-12)10(8)15-3/h6-7H,4H2,1-3H3,(H,13,14). The van der Waals surface area contributed by atoms with E-state index in [4.69, 9.17) is 5.26 Å². The SMILES string of the molecule is CSc1c(CC(C)C)c[nH]c(=O)c1C#N. The average molecular weight is 222 g/mol. The molecule has 0 aliphatic heterocycles. The van der Waals surface area contributed by atoms with Gasteiger partial charge in [0.2, 0.25) is 0 Å². The van der Waals surface area contributed by atoms with Gasteiger partial charge in [0.1, 0.15) is 11.6 Å². The van der Waals surface area contributed by atoms with Gasteiger partial charge < -0.3 is 4.98 Å². The van der Waals surface area contributed by atoms with Crippen LogP contribution >= 0.6 is 11.8 Å². The fourth-order valence-corrected chi connectivity index (χ4v) is 2.23. The summed E-state index contributed by atoms with van der Waals surface area (Å²) in [6.07, 6.45) is 4.48. The van der Waals surface area contributed by atoms with Crippen molar-refractivity contribution in [2.24, 2.45) is 5.92 Å². The molecule has 1 N–H and O–H groups in total. The van der Waals surface area contributed by atoms with Crippen LogP contribution in [0.25, 0.3) is 0 Å². The van der Waals surface area contributed by atoms with E-state index in [0.29, 0.717) is 5.92 Å². The van der Waals surface area contributed by atoms with Crippen molar-refractivity contribution in [3.8, 4) is 6.07 Å². The first-order valence-electron chi connectivity index (χ1n) is 4.78. The van der Waals surface area contributed by atoms with E-state index in [1.54, 1.807) is 6.20 Å². The van der Waals surface area contributed by atoms with Gasteiger partial charge in [-0.1, -0.05) is 13.8 Å². The Morgan fingerprint density at radius 3 is 2.73 bits per heavy atom. The third-order valence-corrected chi connectivity index (χ3v) is 2.94. The zero-order valence-corrected chi connectivity index (χ0v) is 9.94. The molecule has 1 aromatic rings. The van der Waals surface area contributed by atoms with Crippen molar-refractivity contribution in [2.75, 3.05) is 6.26 Å². The summed E-state index contributed by atoms with van der Waals surface area (Å²) in [5, 5.41) is 8.91. The Balaban J connectivity index is 3.30. The van der Waals surface area contributed by atoms with E-state index in [-0.39, 0.29) is 11.1 Å². The molecule has 0 unspecified atom stereocenters. The van der Waals surface area contributed by atoms with Crippen LogP contribution in [-0.2, 0) is 6.42 Å². The van der Waals surface area contributed by atoms with Crippen molar-refractivity contribution in [3.05, 3.63) is 27.7 Å². The van der Waals surface area contributed by atoms with Gasteiger partial charge in [-0.05, 0) is 24.2 Å². The van der Waals surface area contributed by atoms with E-state index in [2.05, 4.69) is 18.8 Å². The lowest BCUT2D eigenvalue weighted by atomic mass is 10.0. The van der Waals surface area contributed by atoms with Crippen molar-refractivity contribution in [3.63, 3.8) is 0 Å². The Hall–Kier alpha value is -1.21. The molecule has 15 heavy (non-hydrogen) atoms. The number of nitrogens with zero attached hydrogens (tertiary/aromatic N) is 1. The lowest BCUT2D eigenvalue weighted by molar-refractivity contribution is 0.637. The van der Waals surface area contributed by atoms with Crippen LogP contribution in [0, 0.1) is 17.2 Å². The smallest absolute Gasteiger partial charge is 0.267 e. The van der Waals surface area contributed by atoms with Crippen LogP contribution in [0.3, 0.4) is 0 Å². The highest BCUT2D eigenvalue weighted by Crippen LogP contribution is 2.23. The number of H-pyrrole nitrogens is 1. The van der Waals surface area contributed by atoms with Crippen LogP contribution in [0.2, 0.25) is 0 Å². The van der Waals surface area contributed by atoms with Crippen molar-refractivity contribution < 1.29 is 0 Å². The Labute approximate surface area is 93.5 Å². The molecule has 1 aromatic heterocycles. The van der Waals surface area contributed by atoms with Gasteiger partial charge in [0.05, 0.1) is 0 Å². The highest BCUT2D eigenvalue weighted by atomic mass is 32.2. The first-order valence-corrected chi connectivity index (χ1v) is 6.01. The van der Waals surface area contributed by atoms with Crippen molar-refractivity contribution in [1.29, 1.82) is 5.26 Å². The monoisotopic (exact) mass is 222 g/mol. The van der Waals surface area contributed by atoms with Gasteiger partial charge in [0.15, 0.2) is 0 Å². The summed E-state index contributed by atoms with van der Waals surface area (Å²) in [5.41, 5.74) is 0.989. The number of hydrogen-bond acceptors (Lipinski definition) is 3. The molecule has 0 aromatic carbocycles. The van der Waals surface area contributed by atoms with Gasteiger partial charge >= 0.3 is 0 Å². The summed E-state index contributed by atoms with van der Waals surface area (Å²) >= 11 is 1.46. The molecule has 0 radical (unpaired) electrons. The topological polar surface area (TPSA) is 56.6 Å². The molecule has 0 aliphatic rings. The van der Waals surface area contributed by atoms with Crippen LogP contribution < -0.4 is 5.56 Å². The Morgan fingerprint density at radius 1 is 1.60 bits per heavy atom. The van der Waals surface area contributed by atoms with Crippen LogP contribution in [0.15, 0.2) is 15.9 Å². The highest BCUT2D eigenvalue weighted by molar-refractivity contribution is 7.98. The van der Waals surface area contributed by atoms with Crippen LogP contribution in [0.4, 0.5) is 0 Å². The predicted octanol–water partition coefficient (Wildman–Crippen LogP) is 2.17. The van der Waals surface area contributed by atoms with E-state index in [0.717, 1.165) is 16.9 Å². The summed E-state index contributed by atoms with van der Waals surface area (Å²) in [5.74, 6) is 0.508. The number of nitrogens with one attached hydrogen (secondary N) is 1. The fraction of sp³-hybridized carbons (Fsp3) is 0.455. The molecule has 0 bridgehead atoms. The molecule has 0 atom stereocenters. The summed E-state index contributed by atoms with van der Waals surface area (Å²) in [6.45, 7) is 4.22. The molecule has 0 fully saturated rings. The largest absolute Gasteiger partial charge is 0.328 e. The molecule has 1 rings (SSSR count). The molecular formula is C11H14N2OS. The van der Waals surface area contributed by atoms with E-state index >= 15 is 0 Å². The van der Waals surface area contributed by atoms with Gasteiger partial charge in [-0.25, -0.2) is 0 Å². The van der Waals surface area contributed by atoms with Crippen molar-refractivity contribution >= 4 is 11.8 Å². The van der Waals surface area contributed by atoms with Crippen LogP contribution in [0.5, 0.6) is 0 Å². The van der Waals surface area contributed by atoms with E-state index < -0.39 is 0 Å². The predicted molar refractivity (Wildman–Crippen MR) is 62.1 cm³/mol. The number of rotatable bonds is 3.